The maximum atomic E-state index is 5.70. The molecule has 0 aliphatic carbocycles. The lowest BCUT2D eigenvalue weighted by atomic mass is 10.4. The predicted molar refractivity (Wildman–Crippen MR) is 53.8 cm³/mol. The van der Waals surface area contributed by atoms with Crippen molar-refractivity contribution in [3.63, 3.8) is 0 Å². The van der Waals surface area contributed by atoms with Crippen molar-refractivity contribution in [1.82, 2.24) is 4.90 Å². The smallest absolute Gasteiger partial charge is 0.372 e. The first-order valence-electron chi connectivity index (χ1n) is 4.55. The van der Waals surface area contributed by atoms with Gasteiger partial charge in [0.2, 0.25) is 0 Å². The SMILES string of the molecule is BrC[Si]12OCCN(CCO1)CCO2. The molecule has 3 rings (SSSR count). The molecule has 0 aromatic carbocycles. The quantitative estimate of drug-likeness (QED) is 0.503. The Morgan fingerprint density at radius 2 is 1.46 bits per heavy atom. The Kier molecular flexibility index (Phi) is 3.39. The van der Waals surface area contributed by atoms with Gasteiger partial charge in [-0.2, -0.15) is 0 Å². The van der Waals surface area contributed by atoms with Crippen LogP contribution in [0.15, 0.2) is 0 Å². The number of fused-ring (bicyclic) bond motifs is 6. The lowest BCUT2D eigenvalue weighted by Gasteiger charge is -2.37. The minimum absolute atomic E-state index is 0.708. The van der Waals surface area contributed by atoms with Crippen LogP contribution in [0.5, 0.6) is 0 Å². The summed E-state index contributed by atoms with van der Waals surface area (Å²) in [5.74, 6) is 0. The van der Waals surface area contributed by atoms with Gasteiger partial charge in [-0.25, -0.2) is 0 Å². The molecule has 13 heavy (non-hydrogen) atoms. The maximum absolute atomic E-state index is 5.70. The first kappa shape index (κ1) is 10.1. The number of alkyl halides is 1. The highest BCUT2D eigenvalue weighted by molar-refractivity contribution is 9.09. The Morgan fingerprint density at radius 1 is 1.00 bits per heavy atom. The van der Waals surface area contributed by atoms with Crippen LogP contribution in [-0.4, -0.2) is 58.1 Å². The molecule has 0 aromatic heterocycles. The molecule has 3 saturated heterocycles. The summed E-state index contributed by atoms with van der Waals surface area (Å²) in [6.45, 7) is 5.23. The molecule has 3 heterocycles. The highest BCUT2D eigenvalue weighted by Gasteiger charge is 2.42. The van der Waals surface area contributed by atoms with E-state index in [9.17, 15) is 0 Å². The van der Waals surface area contributed by atoms with Crippen LogP contribution in [0.25, 0.3) is 0 Å². The molecule has 76 valence electrons. The second-order valence-electron chi connectivity index (χ2n) is 3.20. The Balaban J connectivity index is 2.07. The first-order valence-corrected chi connectivity index (χ1v) is 7.60. The van der Waals surface area contributed by atoms with Crippen LogP contribution in [0.2, 0.25) is 0 Å². The van der Waals surface area contributed by atoms with Crippen molar-refractivity contribution in [2.45, 2.75) is 0 Å². The molecule has 3 aliphatic heterocycles. The highest BCUT2D eigenvalue weighted by atomic mass is 79.9. The van der Waals surface area contributed by atoms with E-state index in [1.807, 2.05) is 0 Å². The summed E-state index contributed by atoms with van der Waals surface area (Å²) in [6, 6.07) is 0. The van der Waals surface area contributed by atoms with Gasteiger partial charge in [0.05, 0.1) is 24.8 Å². The summed E-state index contributed by atoms with van der Waals surface area (Å²) >= 11 is 3.42. The molecule has 0 atom stereocenters. The van der Waals surface area contributed by atoms with Crippen molar-refractivity contribution < 1.29 is 13.3 Å². The van der Waals surface area contributed by atoms with Crippen molar-refractivity contribution >= 4 is 24.7 Å². The summed E-state index contributed by atoms with van der Waals surface area (Å²) < 4.78 is 17.1. The van der Waals surface area contributed by atoms with Crippen molar-refractivity contribution in [2.75, 3.05) is 44.4 Å². The third kappa shape index (κ3) is 2.31. The Labute approximate surface area is 87.6 Å². The van der Waals surface area contributed by atoms with Crippen LogP contribution in [-0.2, 0) is 13.3 Å². The van der Waals surface area contributed by atoms with Gasteiger partial charge in [-0.3, -0.25) is 4.90 Å². The van der Waals surface area contributed by atoms with Gasteiger partial charge >= 0.3 is 8.80 Å². The monoisotopic (exact) mass is 267 g/mol. The van der Waals surface area contributed by atoms with Crippen molar-refractivity contribution in [2.24, 2.45) is 0 Å². The standard InChI is InChI=1S/C7H14BrNO3Si/c8-7-13-10-4-1-9(2-5-11-13)3-6-12-13/h1-7H2. The van der Waals surface area contributed by atoms with Gasteiger partial charge in [-0.05, 0) is 0 Å². The number of nitrogens with zero attached hydrogens (tertiary/aromatic N) is 1. The number of halogens is 1. The van der Waals surface area contributed by atoms with E-state index in [2.05, 4.69) is 20.8 Å². The molecule has 0 unspecified atom stereocenters. The molecule has 0 saturated carbocycles. The molecule has 0 amide bonds. The third-order valence-corrected chi connectivity index (χ3v) is 6.67. The largest absolute Gasteiger partial charge is 0.512 e. The van der Waals surface area contributed by atoms with Gasteiger partial charge in [0.1, 0.15) is 0 Å². The zero-order valence-electron chi connectivity index (χ0n) is 7.50. The van der Waals surface area contributed by atoms with Gasteiger partial charge in [0.15, 0.2) is 0 Å². The highest BCUT2D eigenvalue weighted by Crippen LogP contribution is 2.17. The fourth-order valence-corrected chi connectivity index (χ4v) is 4.71. The summed E-state index contributed by atoms with van der Waals surface area (Å²) in [4.78, 5) is 3.02. The average Bonchev–Trinajstić information content (AvgIpc) is 2.01. The maximum Gasteiger partial charge on any atom is 0.512 e. The molecule has 2 bridgehead atoms. The van der Waals surface area contributed by atoms with Crippen LogP contribution in [0.4, 0.5) is 0 Å². The van der Waals surface area contributed by atoms with Gasteiger partial charge in [-0.15, -0.1) is 0 Å². The molecule has 3 aliphatic rings. The summed E-state index contributed by atoms with van der Waals surface area (Å²) in [5, 5.41) is 0. The Bertz CT molecular complexity index is 157. The van der Waals surface area contributed by atoms with E-state index in [0.717, 1.165) is 39.5 Å². The zero-order valence-corrected chi connectivity index (χ0v) is 10.1. The van der Waals surface area contributed by atoms with Crippen molar-refractivity contribution in [1.29, 1.82) is 0 Å². The van der Waals surface area contributed by atoms with Crippen LogP contribution in [0.3, 0.4) is 0 Å². The zero-order chi connectivity index (χ0) is 9.15. The van der Waals surface area contributed by atoms with Crippen molar-refractivity contribution in [3.05, 3.63) is 0 Å². The van der Waals surface area contributed by atoms with Crippen LogP contribution < -0.4 is 0 Å². The van der Waals surface area contributed by atoms with E-state index in [-0.39, 0.29) is 0 Å². The average molecular weight is 268 g/mol. The van der Waals surface area contributed by atoms with Crippen LogP contribution >= 0.6 is 15.9 Å². The van der Waals surface area contributed by atoms with Gasteiger partial charge < -0.3 is 13.3 Å². The molecule has 0 N–H and O–H groups in total. The van der Waals surface area contributed by atoms with Gasteiger partial charge in [0.25, 0.3) is 0 Å². The fraction of sp³-hybridized carbons (Fsp3) is 1.00. The molecule has 0 radical (unpaired) electrons. The molecular weight excluding hydrogens is 254 g/mol. The number of hydrogen-bond acceptors (Lipinski definition) is 4. The van der Waals surface area contributed by atoms with E-state index in [4.69, 9.17) is 13.3 Å². The minimum Gasteiger partial charge on any atom is -0.372 e. The van der Waals surface area contributed by atoms with Crippen LogP contribution in [0, 0.1) is 0 Å². The second-order valence-corrected chi connectivity index (χ2v) is 7.39. The molecule has 3 fully saturated rings. The van der Waals surface area contributed by atoms with E-state index in [0.29, 0.717) is 4.95 Å². The minimum atomic E-state index is -2.31. The molecule has 0 spiro atoms. The molecule has 6 heteroatoms. The van der Waals surface area contributed by atoms with Gasteiger partial charge in [0, 0.05) is 19.6 Å². The lowest BCUT2D eigenvalue weighted by molar-refractivity contribution is -0.00420. The van der Waals surface area contributed by atoms with Crippen LogP contribution in [0.1, 0.15) is 0 Å². The first-order chi connectivity index (χ1) is 6.35. The number of rotatable bonds is 1. The normalized spacial score (nSPS) is 40.8. The second kappa shape index (κ2) is 4.37. The Hall–Kier alpha value is 0.537. The summed E-state index contributed by atoms with van der Waals surface area (Å²) in [7, 11) is -2.31. The third-order valence-electron chi connectivity index (χ3n) is 2.35. The van der Waals surface area contributed by atoms with E-state index >= 15 is 0 Å². The molecular formula is C7H14BrNO3Si. The molecule has 4 nitrogen and oxygen atoms in total. The molecule has 0 aromatic rings. The number of hydrogen-bond donors (Lipinski definition) is 0. The lowest BCUT2D eigenvalue weighted by Crippen LogP contribution is -2.56. The van der Waals surface area contributed by atoms with Crippen molar-refractivity contribution in [3.8, 4) is 0 Å². The summed E-state index contributed by atoms with van der Waals surface area (Å²) in [6.07, 6.45) is 0. The van der Waals surface area contributed by atoms with E-state index in [1.54, 1.807) is 0 Å². The fourth-order valence-electron chi connectivity index (χ4n) is 1.57. The topological polar surface area (TPSA) is 30.9 Å². The summed E-state index contributed by atoms with van der Waals surface area (Å²) in [5.41, 5.74) is 0. The Morgan fingerprint density at radius 3 is 1.85 bits per heavy atom. The predicted octanol–water partition coefficient (Wildman–Crippen LogP) is 0.238. The van der Waals surface area contributed by atoms with Gasteiger partial charge in [-0.1, -0.05) is 15.9 Å². The van der Waals surface area contributed by atoms with E-state index in [1.165, 1.54) is 0 Å². The van der Waals surface area contributed by atoms with E-state index < -0.39 is 8.80 Å².